The lowest BCUT2D eigenvalue weighted by molar-refractivity contribution is 0.257. The van der Waals surface area contributed by atoms with E-state index in [2.05, 4.69) is 5.32 Å². The summed E-state index contributed by atoms with van der Waals surface area (Å²) in [6.45, 7) is 2.87. The molecule has 1 saturated heterocycles. The van der Waals surface area contributed by atoms with Crippen molar-refractivity contribution >= 4 is 22.0 Å². The Morgan fingerprint density at radius 3 is 2.50 bits per heavy atom. The Morgan fingerprint density at radius 2 is 2.00 bits per heavy atom. The highest BCUT2D eigenvalue weighted by molar-refractivity contribution is 7.98. The number of piperidine rings is 1. The second-order valence-corrected chi connectivity index (χ2v) is 7.74. The van der Waals surface area contributed by atoms with Crippen LogP contribution in [-0.4, -0.2) is 69.3 Å². The summed E-state index contributed by atoms with van der Waals surface area (Å²) in [6.07, 6.45) is 3.90. The third-order valence-corrected chi connectivity index (χ3v) is 5.98. The van der Waals surface area contributed by atoms with Gasteiger partial charge < -0.3 is 5.32 Å². The maximum Gasteiger partial charge on any atom is 0.281 e. The molecule has 1 heterocycles. The van der Waals surface area contributed by atoms with Crippen LogP contribution >= 0.6 is 11.8 Å². The molecule has 5 nitrogen and oxygen atoms in total. The normalized spacial score (nSPS) is 19.6. The predicted molar refractivity (Wildman–Crippen MR) is 78.2 cm³/mol. The maximum atomic E-state index is 12.3. The Bertz CT molecular complexity index is 327. The number of nitrogens with one attached hydrogen (secondary N) is 1. The molecule has 0 atom stereocenters. The van der Waals surface area contributed by atoms with Gasteiger partial charge in [0.1, 0.15) is 0 Å². The van der Waals surface area contributed by atoms with E-state index in [-0.39, 0.29) is 0 Å². The molecule has 1 rings (SSSR count). The van der Waals surface area contributed by atoms with E-state index in [1.54, 1.807) is 23.1 Å². The fourth-order valence-electron chi connectivity index (χ4n) is 2.17. The second-order valence-electron chi connectivity index (χ2n) is 4.72. The van der Waals surface area contributed by atoms with Crippen LogP contribution in [0.1, 0.15) is 12.8 Å². The Morgan fingerprint density at radius 1 is 1.39 bits per heavy atom. The fraction of sp³-hybridized carbons (Fsp3) is 1.00. The smallest absolute Gasteiger partial charge is 0.281 e. The molecule has 0 spiro atoms. The van der Waals surface area contributed by atoms with E-state index < -0.39 is 10.2 Å². The van der Waals surface area contributed by atoms with E-state index in [4.69, 9.17) is 0 Å². The third-order valence-electron chi connectivity index (χ3n) is 3.40. The number of hydrogen-bond acceptors (Lipinski definition) is 4. The monoisotopic (exact) mass is 295 g/mol. The van der Waals surface area contributed by atoms with E-state index in [0.717, 1.165) is 25.1 Å². The highest BCUT2D eigenvalue weighted by Gasteiger charge is 2.30. The van der Waals surface area contributed by atoms with Gasteiger partial charge in [0.25, 0.3) is 10.2 Å². The molecular weight excluding hydrogens is 270 g/mol. The van der Waals surface area contributed by atoms with Gasteiger partial charge >= 0.3 is 0 Å². The van der Waals surface area contributed by atoms with Crippen molar-refractivity contribution in [1.82, 2.24) is 13.9 Å². The minimum absolute atomic E-state index is 0.583. The van der Waals surface area contributed by atoms with Gasteiger partial charge in [-0.1, -0.05) is 0 Å². The molecule has 108 valence electrons. The van der Waals surface area contributed by atoms with E-state index >= 15 is 0 Å². The highest BCUT2D eigenvalue weighted by Crippen LogP contribution is 2.20. The lowest BCUT2D eigenvalue weighted by Crippen LogP contribution is -2.47. The quantitative estimate of drug-likeness (QED) is 0.741. The Kier molecular flexibility index (Phi) is 6.94. The lowest BCUT2D eigenvalue weighted by Gasteiger charge is -2.33. The molecule has 0 amide bonds. The van der Waals surface area contributed by atoms with Crippen molar-refractivity contribution < 1.29 is 8.42 Å². The van der Waals surface area contributed by atoms with Crippen LogP contribution in [0, 0.1) is 5.92 Å². The molecule has 0 radical (unpaired) electrons. The van der Waals surface area contributed by atoms with Crippen molar-refractivity contribution in [1.29, 1.82) is 0 Å². The molecule has 1 aliphatic rings. The summed E-state index contributed by atoms with van der Waals surface area (Å²) in [5.74, 6) is 1.45. The van der Waals surface area contributed by atoms with Crippen LogP contribution in [0.4, 0.5) is 0 Å². The van der Waals surface area contributed by atoms with Gasteiger partial charge in [-0.2, -0.15) is 28.8 Å². The van der Waals surface area contributed by atoms with Gasteiger partial charge in [-0.15, -0.1) is 0 Å². The average Bonchev–Trinajstić information content (AvgIpc) is 2.37. The van der Waals surface area contributed by atoms with Gasteiger partial charge in [-0.25, -0.2) is 0 Å². The summed E-state index contributed by atoms with van der Waals surface area (Å²) in [5, 5.41) is 3.16. The highest BCUT2D eigenvalue weighted by atomic mass is 32.2. The number of rotatable bonds is 7. The molecule has 1 N–H and O–H groups in total. The Hall–Kier alpha value is 0.180. The molecule has 18 heavy (non-hydrogen) atoms. The zero-order valence-corrected chi connectivity index (χ0v) is 13.2. The van der Waals surface area contributed by atoms with E-state index in [0.29, 0.717) is 25.6 Å². The molecule has 7 heteroatoms. The first-order valence-corrected chi connectivity index (χ1v) is 9.16. The summed E-state index contributed by atoms with van der Waals surface area (Å²) in [4.78, 5) is 0. The van der Waals surface area contributed by atoms with Gasteiger partial charge in [0.15, 0.2) is 0 Å². The first-order chi connectivity index (χ1) is 8.52. The van der Waals surface area contributed by atoms with Gasteiger partial charge in [0, 0.05) is 32.4 Å². The van der Waals surface area contributed by atoms with Crippen molar-refractivity contribution in [3.63, 3.8) is 0 Å². The van der Waals surface area contributed by atoms with Crippen molar-refractivity contribution in [2.24, 2.45) is 5.92 Å². The van der Waals surface area contributed by atoms with Gasteiger partial charge in [-0.05, 0) is 38.6 Å². The molecule has 1 fully saturated rings. The largest absolute Gasteiger partial charge is 0.319 e. The minimum atomic E-state index is -3.24. The first-order valence-electron chi connectivity index (χ1n) is 6.37. The van der Waals surface area contributed by atoms with Crippen LogP contribution in [0.15, 0.2) is 0 Å². The number of hydrogen-bond donors (Lipinski definition) is 1. The second kappa shape index (κ2) is 7.69. The van der Waals surface area contributed by atoms with E-state index in [1.165, 1.54) is 4.31 Å². The maximum absolute atomic E-state index is 12.3. The molecule has 0 saturated carbocycles. The van der Waals surface area contributed by atoms with Crippen LogP contribution in [-0.2, 0) is 10.2 Å². The van der Waals surface area contributed by atoms with E-state index in [1.807, 2.05) is 13.3 Å². The molecule has 1 aliphatic heterocycles. The molecular formula is C11H25N3O2S2. The summed E-state index contributed by atoms with van der Waals surface area (Å²) in [7, 11) is 0.376. The molecule has 0 bridgehead atoms. The third kappa shape index (κ3) is 4.38. The molecule has 0 aromatic carbocycles. The molecule has 0 aliphatic carbocycles. The minimum Gasteiger partial charge on any atom is -0.319 e. The summed E-state index contributed by atoms with van der Waals surface area (Å²) < 4.78 is 27.7. The SMILES string of the molecule is CNCC1CCN(S(=O)(=O)N(C)CCSC)CC1. The lowest BCUT2D eigenvalue weighted by atomic mass is 9.98. The van der Waals surface area contributed by atoms with Gasteiger partial charge in [0.05, 0.1) is 0 Å². The van der Waals surface area contributed by atoms with Crippen molar-refractivity contribution in [3.05, 3.63) is 0 Å². The van der Waals surface area contributed by atoms with E-state index in [9.17, 15) is 8.42 Å². The van der Waals surface area contributed by atoms with Crippen molar-refractivity contribution in [3.8, 4) is 0 Å². The standard InChI is InChI=1S/C11H25N3O2S2/c1-12-10-11-4-6-14(7-5-11)18(15,16)13(2)8-9-17-3/h11-12H,4-10H2,1-3H3. The van der Waals surface area contributed by atoms with Gasteiger partial charge in [0.2, 0.25) is 0 Å². The predicted octanol–water partition coefficient (Wildman–Crippen LogP) is 0.457. The Labute approximate surface area is 115 Å². The summed E-state index contributed by atoms with van der Waals surface area (Å²) in [6, 6.07) is 0. The molecule has 0 aromatic rings. The van der Waals surface area contributed by atoms with Crippen LogP contribution in [0.25, 0.3) is 0 Å². The molecule has 0 aromatic heterocycles. The number of nitrogens with zero attached hydrogens (tertiary/aromatic N) is 2. The van der Waals surface area contributed by atoms with Crippen LogP contribution in [0.5, 0.6) is 0 Å². The zero-order valence-electron chi connectivity index (χ0n) is 11.6. The summed E-state index contributed by atoms with van der Waals surface area (Å²) in [5.41, 5.74) is 0. The topological polar surface area (TPSA) is 52.7 Å². The first kappa shape index (κ1) is 16.2. The zero-order chi connectivity index (χ0) is 13.6. The average molecular weight is 295 g/mol. The van der Waals surface area contributed by atoms with Crippen LogP contribution in [0.2, 0.25) is 0 Å². The van der Waals surface area contributed by atoms with Crippen LogP contribution < -0.4 is 5.32 Å². The molecule has 0 unspecified atom stereocenters. The van der Waals surface area contributed by atoms with Crippen molar-refractivity contribution in [2.75, 3.05) is 52.3 Å². The Balaban J connectivity index is 2.49. The van der Waals surface area contributed by atoms with Crippen molar-refractivity contribution in [2.45, 2.75) is 12.8 Å². The van der Waals surface area contributed by atoms with Crippen LogP contribution in [0.3, 0.4) is 0 Å². The van der Waals surface area contributed by atoms with Gasteiger partial charge in [-0.3, -0.25) is 0 Å². The number of thioether (sulfide) groups is 1. The summed E-state index contributed by atoms with van der Waals surface area (Å²) >= 11 is 1.67. The fourth-order valence-corrected chi connectivity index (χ4v) is 4.13.